The van der Waals surface area contributed by atoms with Gasteiger partial charge in [-0.3, -0.25) is 0 Å². The molecule has 0 saturated carbocycles. The molecule has 2 rings (SSSR count). The van der Waals surface area contributed by atoms with Gasteiger partial charge in [-0.25, -0.2) is 14.1 Å². The molecule has 0 bridgehead atoms. The molecule has 0 spiro atoms. The molecule has 0 radical (unpaired) electrons. The summed E-state index contributed by atoms with van der Waals surface area (Å²) < 4.78 is 22.2. The number of phosphoric acid groups is 2. The van der Waals surface area contributed by atoms with E-state index in [2.05, 4.69) is 24.6 Å². The number of hydrogen-bond donors (Lipinski definition) is 8. The van der Waals surface area contributed by atoms with Crippen molar-refractivity contribution >= 4 is 38.8 Å². The van der Waals surface area contributed by atoms with Gasteiger partial charge in [0.25, 0.3) is 0 Å². The van der Waals surface area contributed by atoms with E-state index in [1.807, 2.05) is 0 Å². The highest BCUT2D eigenvalue weighted by Gasteiger charge is 2.27. The number of aromatic hydroxyl groups is 1. The van der Waals surface area contributed by atoms with Gasteiger partial charge < -0.3 is 40.8 Å². The van der Waals surface area contributed by atoms with Crippen molar-refractivity contribution in [2.45, 2.75) is 0 Å². The highest BCUT2D eigenvalue weighted by atomic mass is 31.3. The highest BCUT2D eigenvalue weighted by Crippen LogP contribution is 2.53. The van der Waals surface area contributed by atoms with Crippen LogP contribution in [0.3, 0.4) is 0 Å². The fourth-order valence-electron chi connectivity index (χ4n) is 1.30. The summed E-state index contributed by atoms with van der Waals surface area (Å²) >= 11 is 0. The Balaban J connectivity index is 0.000000257. The fourth-order valence-corrected chi connectivity index (χ4v) is 2.41. The van der Waals surface area contributed by atoms with Crippen molar-refractivity contribution in [3.8, 4) is 5.88 Å². The maximum atomic E-state index is 9.63. The van der Waals surface area contributed by atoms with Crippen LogP contribution in [0.1, 0.15) is 0 Å². The van der Waals surface area contributed by atoms with Crippen LogP contribution in [0.25, 0.3) is 0 Å². The first kappa shape index (κ1) is 19.4. The quantitative estimate of drug-likeness (QED) is 0.280. The molecule has 1 aromatic heterocycles. The third-order valence-corrected chi connectivity index (χ3v) is 3.71. The van der Waals surface area contributed by atoms with Crippen LogP contribution >= 0.6 is 15.6 Å². The maximum absolute atomic E-state index is 9.63. The number of aliphatic hydroxyl groups excluding tert-OH is 1. The van der Waals surface area contributed by atoms with Gasteiger partial charge in [-0.1, -0.05) is 0 Å². The van der Waals surface area contributed by atoms with E-state index >= 15 is 0 Å². The Labute approximate surface area is 128 Å². The van der Waals surface area contributed by atoms with E-state index in [1.165, 1.54) is 0 Å². The first-order valence-electron chi connectivity index (χ1n) is 5.51. The molecule has 0 aliphatic carbocycles. The largest absolute Gasteiger partial charge is 0.492 e. The molecule has 130 valence electrons. The number of fused-ring (bicyclic) bond motifs is 1. The lowest BCUT2D eigenvalue weighted by atomic mass is 10.3. The number of aliphatic imine (C=N–C) groups is 1. The molecule has 0 saturated heterocycles. The van der Waals surface area contributed by atoms with E-state index in [4.69, 9.17) is 30.4 Å². The van der Waals surface area contributed by atoms with E-state index < -0.39 is 15.6 Å². The van der Waals surface area contributed by atoms with Gasteiger partial charge in [0, 0.05) is 0 Å². The van der Waals surface area contributed by atoms with Gasteiger partial charge in [-0.2, -0.15) is 14.3 Å². The van der Waals surface area contributed by atoms with Gasteiger partial charge in [0.1, 0.15) is 0 Å². The zero-order chi connectivity index (χ0) is 17.8. The number of rotatable bonds is 3. The Bertz CT molecular complexity index is 678. The molecule has 9 N–H and O–H groups in total. The molecule has 23 heavy (non-hydrogen) atoms. The Morgan fingerprint density at radius 1 is 1.17 bits per heavy atom. The molecule has 1 aromatic rings. The summed E-state index contributed by atoms with van der Waals surface area (Å²) in [6, 6.07) is 0. The lowest BCUT2D eigenvalue weighted by Gasteiger charge is -2.15. The van der Waals surface area contributed by atoms with E-state index in [0.29, 0.717) is 18.1 Å². The number of nitrogens with two attached hydrogens (primary N) is 1. The van der Waals surface area contributed by atoms with Gasteiger partial charge in [-0.05, 0) is 0 Å². The van der Waals surface area contributed by atoms with Crippen molar-refractivity contribution in [3.05, 3.63) is 0 Å². The van der Waals surface area contributed by atoms with E-state index in [1.54, 1.807) is 0 Å². The van der Waals surface area contributed by atoms with Gasteiger partial charge in [-0.15, -0.1) is 0 Å². The van der Waals surface area contributed by atoms with Crippen LogP contribution in [0, 0.1) is 0 Å². The predicted octanol–water partition coefficient (Wildman–Crippen LogP) is -1.56. The van der Waals surface area contributed by atoms with Crippen molar-refractivity contribution in [1.29, 1.82) is 0 Å². The van der Waals surface area contributed by atoms with Crippen LogP contribution in [0.5, 0.6) is 5.88 Å². The number of hydrogen-bond acceptors (Lipinski definition) is 10. The van der Waals surface area contributed by atoms with Crippen molar-refractivity contribution < 1.29 is 43.2 Å². The molecule has 0 atom stereocenters. The molecule has 0 unspecified atom stereocenters. The Kier molecular flexibility index (Phi) is 6.16. The normalized spacial score (nSPS) is 14.0. The summed E-state index contributed by atoms with van der Waals surface area (Å²) in [5.41, 5.74) is 6.06. The molecule has 1 aliphatic heterocycles. The molecule has 1 aliphatic rings. The maximum Gasteiger partial charge on any atom is 0.478 e. The third-order valence-electron chi connectivity index (χ3n) is 2.01. The summed E-state index contributed by atoms with van der Waals surface area (Å²) in [6.07, 6.45) is 0. The van der Waals surface area contributed by atoms with E-state index in [9.17, 15) is 14.2 Å². The van der Waals surface area contributed by atoms with Gasteiger partial charge >= 0.3 is 15.6 Å². The van der Waals surface area contributed by atoms with E-state index in [-0.39, 0.29) is 24.1 Å². The standard InChI is InChI=1S/C7H9N5O2.H4O7P2/c8-7-11-5-4(6(14)12-7)10-3(2-13)1-9-5;1-8(2,3)7-9(4,5)6/h13H,1-2H2,(H4,8,9,11,12,14);(H2,1,2,3)(H2,4,5,6). The summed E-state index contributed by atoms with van der Waals surface area (Å²) in [5, 5.41) is 21.1. The summed E-state index contributed by atoms with van der Waals surface area (Å²) in [4.78, 5) is 42.4. The number of anilines is 2. The Morgan fingerprint density at radius 3 is 2.17 bits per heavy atom. The number of nitrogens with one attached hydrogen (secondary N) is 1. The minimum atomic E-state index is -5.05. The summed E-state index contributed by atoms with van der Waals surface area (Å²) in [7, 11) is -10.1. The zero-order valence-corrected chi connectivity index (χ0v) is 12.9. The number of nitrogen functional groups attached to an aromatic ring is 1. The lowest BCUT2D eigenvalue weighted by molar-refractivity contribution is 0.225. The molecule has 0 aromatic carbocycles. The topological polar surface area (TPSA) is 241 Å². The second kappa shape index (κ2) is 7.29. The molecule has 2 heterocycles. The van der Waals surface area contributed by atoms with Crippen molar-refractivity contribution in [2.75, 3.05) is 24.2 Å². The monoisotopic (exact) mass is 373 g/mol. The van der Waals surface area contributed by atoms with Crippen molar-refractivity contribution in [1.82, 2.24) is 9.97 Å². The minimum absolute atomic E-state index is 0.0172. The van der Waals surface area contributed by atoms with Gasteiger partial charge in [0.15, 0.2) is 11.5 Å². The van der Waals surface area contributed by atoms with Crippen LogP contribution in [0.2, 0.25) is 0 Å². The number of aliphatic hydroxyl groups is 1. The van der Waals surface area contributed by atoms with Crippen molar-refractivity contribution in [2.24, 2.45) is 4.99 Å². The van der Waals surface area contributed by atoms with E-state index in [0.717, 1.165) is 0 Å². The second-order valence-electron chi connectivity index (χ2n) is 3.86. The molecular weight excluding hydrogens is 360 g/mol. The molecule has 0 amide bonds. The number of nitrogens with zero attached hydrogens (tertiary/aromatic N) is 3. The van der Waals surface area contributed by atoms with Crippen LogP contribution in [-0.4, -0.2) is 58.6 Å². The van der Waals surface area contributed by atoms with Crippen molar-refractivity contribution in [3.63, 3.8) is 0 Å². The average Bonchev–Trinajstić information content (AvgIpc) is 2.34. The van der Waals surface area contributed by atoms with Crippen LogP contribution in [0.15, 0.2) is 4.99 Å². The summed E-state index contributed by atoms with van der Waals surface area (Å²) in [6.45, 7) is 0.218. The SMILES string of the molecule is Nc1nc(O)c2c(n1)NCC(CO)=N2.O=P(O)(O)OP(=O)(O)O. The first-order chi connectivity index (χ1) is 10.4. The molecule has 14 nitrogen and oxygen atoms in total. The second-order valence-corrected chi connectivity index (χ2v) is 6.47. The van der Waals surface area contributed by atoms with Gasteiger partial charge in [0.05, 0.1) is 18.9 Å². The molecule has 0 fully saturated rings. The lowest BCUT2D eigenvalue weighted by Crippen LogP contribution is -2.21. The van der Waals surface area contributed by atoms with Crippen LogP contribution < -0.4 is 11.1 Å². The third kappa shape index (κ3) is 6.99. The fraction of sp³-hybridized carbons (Fsp3) is 0.286. The Morgan fingerprint density at radius 2 is 1.74 bits per heavy atom. The smallest absolute Gasteiger partial charge is 0.478 e. The van der Waals surface area contributed by atoms with Crippen LogP contribution in [0.4, 0.5) is 17.5 Å². The van der Waals surface area contributed by atoms with Gasteiger partial charge in [0.2, 0.25) is 11.8 Å². The highest BCUT2D eigenvalue weighted by molar-refractivity contribution is 7.60. The first-order valence-corrected chi connectivity index (χ1v) is 8.57. The predicted molar refractivity (Wildman–Crippen MR) is 76.0 cm³/mol. The Hall–Kier alpha value is -1.63. The number of aromatic nitrogens is 2. The molecular formula is C7H13N5O9P2. The van der Waals surface area contributed by atoms with Crippen LogP contribution in [-0.2, 0) is 13.4 Å². The average molecular weight is 373 g/mol. The summed E-state index contributed by atoms with van der Waals surface area (Å²) in [5.74, 6) is 0.0780. The molecule has 16 heteroatoms. The zero-order valence-electron chi connectivity index (χ0n) is 11.1. The minimum Gasteiger partial charge on any atom is -0.492 e.